The van der Waals surface area contributed by atoms with Gasteiger partial charge in [0, 0.05) is 5.56 Å². The summed E-state index contributed by atoms with van der Waals surface area (Å²) >= 11 is 5.83. The molecule has 0 saturated heterocycles. The summed E-state index contributed by atoms with van der Waals surface area (Å²) in [5.41, 5.74) is 5.47. The highest BCUT2D eigenvalue weighted by Crippen LogP contribution is 2.25. The van der Waals surface area contributed by atoms with Gasteiger partial charge >= 0.3 is 5.82 Å². The average molecular weight is 386 g/mol. The number of benzene rings is 2. The van der Waals surface area contributed by atoms with Gasteiger partial charge in [0.25, 0.3) is 0 Å². The molecule has 0 atom stereocenters. The number of methoxy groups -OCH3 is 1. The zero-order valence-electron chi connectivity index (χ0n) is 14.4. The monoisotopic (exact) mass is 385 g/mol. The molecule has 138 valence electrons. The van der Waals surface area contributed by atoms with Crippen molar-refractivity contribution < 1.29 is 9.66 Å². The Labute approximate surface area is 160 Å². The predicted octanol–water partition coefficient (Wildman–Crippen LogP) is 3.95. The summed E-state index contributed by atoms with van der Waals surface area (Å²) in [6.07, 6.45) is 3.09. The van der Waals surface area contributed by atoms with Crippen molar-refractivity contribution >= 4 is 29.3 Å². The Morgan fingerprint density at radius 3 is 2.78 bits per heavy atom. The first kappa shape index (κ1) is 18.4. The Morgan fingerprint density at radius 2 is 2.11 bits per heavy atom. The quantitative estimate of drug-likeness (QED) is 0.377. The molecular weight excluding hydrogens is 370 g/mol. The zero-order valence-corrected chi connectivity index (χ0v) is 15.1. The van der Waals surface area contributed by atoms with Gasteiger partial charge in [0.2, 0.25) is 0 Å². The molecule has 0 spiro atoms. The second-order valence-corrected chi connectivity index (χ2v) is 5.97. The Morgan fingerprint density at radius 1 is 1.33 bits per heavy atom. The van der Waals surface area contributed by atoms with Crippen LogP contribution in [0.4, 0.5) is 11.5 Å². The van der Waals surface area contributed by atoms with Gasteiger partial charge in [-0.05, 0) is 28.7 Å². The third-order valence-electron chi connectivity index (χ3n) is 3.70. The standard InChI is InChI=1S/C18H16ClN5O3/c1-27-17-9-13(10-20-21-15-5-3-2-4-6-15)7-8-14(17)11-23-12-16(19)18(22-23)24(25)26/h2-10,12,21H,11H2,1H3. The minimum absolute atomic E-state index is 0.00490. The molecule has 0 amide bonds. The second-order valence-electron chi connectivity index (χ2n) is 5.56. The van der Waals surface area contributed by atoms with E-state index in [-0.39, 0.29) is 17.4 Å². The minimum atomic E-state index is -0.616. The second kappa shape index (κ2) is 8.33. The summed E-state index contributed by atoms with van der Waals surface area (Å²) in [5, 5.41) is 18.9. The summed E-state index contributed by atoms with van der Waals surface area (Å²) in [4.78, 5) is 10.2. The number of nitro groups is 1. The third kappa shape index (κ3) is 4.62. The fourth-order valence-electron chi connectivity index (χ4n) is 2.43. The first-order chi connectivity index (χ1) is 13.1. The number of aromatic nitrogens is 2. The van der Waals surface area contributed by atoms with E-state index in [4.69, 9.17) is 16.3 Å². The fraction of sp³-hybridized carbons (Fsp3) is 0.111. The van der Waals surface area contributed by atoms with E-state index >= 15 is 0 Å². The number of hydrogen-bond donors (Lipinski definition) is 1. The molecule has 0 fully saturated rings. The molecule has 8 nitrogen and oxygen atoms in total. The fourth-order valence-corrected chi connectivity index (χ4v) is 2.65. The van der Waals surface area contributed by atoms with Gasteiger partial charge in [-0.15, -0.1) is 0 Å². The predicted molar refractivity (Wildman–Crippen MR) is 104 cm³/mol. The number of halogens is 1. The molecule has 3 rings (SSSR count). The number of hydrogen-bond acceptors (Lipinski definition) is 6. The van der Waals surface area contributed by atoms with Crippen LogP contribution in [0.15, 0.2) is 59.8 Å². The molecule has 0 aliphatic rings. The van der Waals surface area contributed by atoms with E-state index in [1.165, 1.54) is 10.9 Å². The van der Waals surface area contributed by atoms with Gasteiger partial charge in [0.1, 0.15) is 5.75 Å². The molecule has 2 aromatic carbocycles. The van der Waals surface area contributed by atoms with Crippen LogP contribution in [-0.2, 0) is 6.54 Å². The van der Waals surface area contributed by atoms with Crippen LogP contribution in [0.3, 0.4) is 0 Å². The normalized spacial score (nSPS) is 10.9. The zero-order chi connectivity index (χ0) is 19.2. The van der Waals surface area contributed by atoms with Gasteiger partial charge in [-0.2, -0.15) is 9.78 Å². The third-order valence-corrected chi connectivity index (χ3v) is 3.96. The topological polar surface area (TPSA) is 94.6 Å². The lowest BCUT2D eigenvalue weighted by Gasteiger charge is -2.08. The average Bonchev–Trinajstić information content (AvgIpc) is 3.04. The molecular formula is C18H16ClN5O3. The van der Waals surface area contributed by atoms with Crippen LogP contribution >= 0.6 is 11.6 Å². The van der Waals surface area contributed by atoms with Crippen LogP contribution < -0.4 is 10.2 Å². The molecule has 1 N–H and O–H groups in total. The molecule has 0 radical (unpaired) electrons. The lowest BCUT2D eigenvalue weighted by atomic mass is 10.1. The summed E-state index contributed by atoms with van der Waals surface area (Å²) < 4.78 is 6.82. The molecule has 0 aliphatic carbocycles. The van der Waals surface area contributed by atoms with E-state index < -0.39 is 4.92 Å². The highest BCUT2D eigenvalue weighted by atomic mass is 35.5. The van der Waals surface area contributed by atoms with Crippen molar-refractivity contribution in [2.24, 2.45) is 5.10 Å². The summed E-state index contributed by atoms with van der Waals surface area (Å²) in [7, 11) is 1.56. The summed E-state index contributed by atoms with van der Waals surface area (Å²) in [5.74, 6) is 0.249. The van der Waals surface area contributed by atoms with Crippen LogP contribution in [0, 0.1) is 10.1 Å². The Hall–Kier alpha value is -3.39. The molecule has 1 aromatic heterocycles. The van der Waals surface area contributed by atoms with Gasteiger partial charge in [-0.25, -0.2) is 0 Å². The van der Waals surface area contributed by atoms with E-state index in [0.717, 1.165) is 16.8 Å². The van der Waals surface area contributed by atoms with Crippen molar-refractivity contribution in [2.75, 3.05) is 12.5 Å². The van der Waals surface area contributed by atoms with Crippen molar-refractivity contribution in [3.63, 3.8) is 0 Å². The van der Waals surface area contributed by atoms with Crippen LogP contribution in [0.1, 0.15) is 11.1 Å². The molecule has 27 heavy (non-hydrogen) atoms. The van der Waals surface area contributed by atoms with E-state index in [0.29, 0.717) is 5.75 Å². The summed E-state index contributed by atoms with van der Waals surface area (Å²) in [6.45, 7) is 0.288. The number of nitrogens with zero attached hydrogens (tertiary/aromatic N) is 4. The number of nitrogens with one attached hydrogen (secondary N) is 1. The molecule has 0 unspecified atom stereocenters. The number of anilines is 1. The lowest BCUT2D eigenvalue weighted by Crippen LogP contribution is -2.04. The first-order valence-electron chi connectivity index (χ1n) is 7.95. The molecule has 0 saturated carbocycles. The SMILES string of the molecule is COc1cc(C=NNc2ccccc2)ccc1Cn1cc(Cl)c([N+](=O)[O-])n1. The van der Waals surface area contributed by atoms with Gasteiger partial charge in [0.05, 0.1) is 36.9 Å². The maximum Gasteiger partial charge on any atom is 0.408 e. The van der Waals surface area contributed by atoms with Crippen LogP contribution in [0.5, 0.6) is 5.75 Å². The maximum atomic E-state index is 10.9. The highest BCUT2D eigenvalue weighted by Gasteiger charge is 2.19. The molecule has 0 aliphatic heterocycles. The van der Waals surface area contributed by atoms with E-state index in [1.54, 1.807) is 13.3 Å². The van der Waals surface area contributed by atoms with E-state index in [1.807, 2.05) is 48.5 Å². The molecule has 1 heterocycles. The number of ether oxygens (including phenoxy) is 1. The first-order valence-corrected chi connectivity index (χ1v) is 8.33. The van der Waals surface area contributed by atoms with Gasteiger partial charge in [-0.3, -0.25) is 5.43 Å². The van der Waals surface area contributed by atoms with Crippen molar-refractivity contribution in [3.8, 4) is 5.75 Å². The summed E-state index contributed by atoms with van der Waals surface area (Å²) in [6, 6.07) is 15.1. The molecule has 9 heteroatoms. The Balaban J connectivity index is 1.74. The van der Waals surface area contributed by atoms with Crippen molar-refractivity contribution in [1.82, 2.24) is 9.78 Å². The molecule has 0 bridgehead atoms. The van der Waals surface area contributed by atoms with E-state index in [9.17, 15) is 10.1 Å². The van der Waals surface area contributed by atoms with Crippen LogP contribution in [0.2, 0.25) is 5.02 Å². The van der Waals surface area contributed by atoms with Crippen LogP contribution in [0.25, 0.3) is 0 Å². The van der Waals surface area contributed by atoms with Gasteiger partial charge in [0.15, 0.2) is 5.02 Å². The maximum absolute atomic E-state index is 10.9. The van der Waals surface area contributed by atoms with Crippen LogP contribution in [-0.4, -0.2) is 28.0 Å². The highest BCUT2D eigenvalue weighted by molar-refractivity contribution is 6.32. The number of para-hydroxylation sites is 1. The van der Waals surface area contributed by atoms with Gasteiger partial charge in [-0.1, -0.05) is 41.9 Å². The molecule has 3 aromatic rings. The Bertz CT molecular complexity index is 972. The van der Waals surface area contributed by atoms with Crippen molar-refractivity contribution in [2.45, 2.75) is 6.54 Å². The Kier molecular flexibility index (Phi) is 5.68. The lowest BCUT2D eigenvalue weighted by molar-refractivity contribution is -0.389. The van der Waals surface area contributed by atoms with E-state index in [2.05, 4.69) is 15.6 Å². The largest absolute Gasteiger partial charge is 0.496 e. The number of rotatable bonds is 7. The van der Waals surface area contributed by atoms with Crippen molar-refractivity contribution in [1.29, 1.82) is 0 Å². The minimum Gasteiger partial charge on any atom is -0.496 e. The number of hydrazone groups is 1. The smallest absolute Gasteiger partial charge is 0.408 e. The van der Waals surface area contributed by atoms with Crippen molar-refractivity contribution in [3.05, 3.63) is 81.0 Å². The van der Waals surface area contributed by atoms with Gasteiger partial charge < -0.3 is 14.9 Å².